The van der Waals surface area contributed by atoms with E-state index >= 15 is 0 Å². The van der Waals surface area contributed by atoms with Crippen LogP contribution in [0, 0.1) is 11.6 Å². The Morgan fingerprint density at radius 2 is 1.79 bits per heavy atom. The van der Waals surface area contributed by atoms with Crippen molar-refractivity contribution in [1.82, 2.24) is 4.98 Å². The van der Waals surface area contributed by atoms with Crippen LogP contribution in [0.1, 0.15) is 16.8 Å². The van der Waals surface area contributed by atoms with E-state index < -0.39 is 23.4 Å². The van der Waals surface area contributed by atoms with E-state index in [2.05, 4.69) is 4.98 Å². The average molecular weight is 273 g/mol. The summed E-state index contributed by atoms with van der Waals surface area (Å²) in [7, 11) is 0. The third-order valence-electron chi connectivity index (χ3n) is 2.49. The minimum absolute atomic E-state index is 0.0184. The zero-order valence-corrected chi connectivity index (χ0v) is 9.51. The molecule has 1 heterocycles. The predicted octanol–water partition coefficient (Wildman–Crippen LogP) is 3.97. The highest BCUT2D eigenvalue weighted by Crippen LogP contribution is 2.30. The van der Waals surface area contributed by atoms with Crippen LogP contribution in [0.15, 0.2) is 36.5 Å². The van der Waals surface area contributed by atoms with Gasteiger partial charge in [-0.1, -0.05) is 0 Å². The van der Waals surface area contributed by atoms with Crippen molar-refractivity contribution in [1.29, 1.82) is 0 Å². The highest BCUT2D eigenvalue weighted by molar-refractivity contribution is 5.30. The summed E-state index contributed by atoms with van der Waals surface area (Å²) in [6, 6.07) is 4.64. The minimum Gasteiger partial charge on any atom is -0.258 e. The molecule has 0 fully saturated rings. The van der Waals surface area contributed by atoms with Gasteiger partial charge in [-0.2, -0.15) is 13.2 Å². The Hall–Kier alpha value is -1.98. The number of halogens is 5. The standard InChI is InChI=1S/C13H8F5N/c14-10-5-8(4-9(7-10)13(16,17)18)6-12-11(15)2-1-3-19-12/h1-5,7H,6H2. The summed E-state index contributed by atoms with van der Waals surface area (Å²) in [6.45, 7) is 0. The molecule has 0 amide bonds. The molecule has 1 nitrogen and oxygen atoms in total. The van der Waals surface area contributed by atoms with E-state index in [1.807, 2.05) is 0 Å². The first-order chi connectivity index (χ1) is 8.86. The minimum atomic E-state index is -4.64. The average Bonchev–Trinajstić information content (AvgIpc) is 2.30. The van der Waals surface area contributed by atoms with Crippen LogP contribution in [0.4, 0.5) is 22.0 Å². The Morgan fingerprint density at radius 3 is 2.42 bits per heavy atom. The van der Waals surface area contributed by atoms with Gasteiger partial charge < -0.3 is 0 Å². The first-order valence-corrected chi connectivity index (χ1v) is 5.32. The van der Waals surface area contributed by atoms with Crippen LogP contribution in [0.3, 0.4) is 0 Å². The lowest BCUT2D eigenvalue weighted by Gasteiger charge is -2.09. The number of alkyl halides is 3. The van der Waals surface area contributed by atoms with Crippen molar-refractivity contribution in [2.45, 2.75) is 12.6 Å². The van der Waals surface area contributed by atoms with Crippen LogP contribution in [-0.4, -0.2) is 4.98 Å². The molecule has 0 spiro atoms. The maximum atomic E-state index is 13.3. The summed E-state index contributed by atoms with van der Waals surface area (Å²) in [5.74, 6) is -1.65. The number of nitrogens with zero attached hydrogens (tertiary/aromatic N) is 1. The molecule has 19 heavy (non-hydrogen) atoms. The SMILES string of the molecule is Fc1cc(Cc2ncccc2F)cc(C(F)(F)F)c1. The zero-order valence-electron chi connectivity index (χ0n) is 9.51. The molecule has 0 aliphatic carbocycles. The van der Waals surface area contributed by atoms with Gasteiger partial charge in [-0.05, 0) is 35.9 Å². The molecule has 0 saturated heterocycles. The van der Waals surface area contributed by atoms with Crippen molar-refractivity contribution in [2.24, 2.45) is 0 Å². The monoisotopic (exact) mass is 273 g/mol. The lowest BCUT2D eigenvalue weighted by molar-refractivity contribution is -0.137. The molecule has 0 aliphatic heterocycles. The van der Waals surface area contributed by atoms with E-state index in [0.717, 1.165) is 18.2 Å². The molecule has 0 aliphatic rings. The van der Waals surface area contributed by atoms with Crippen LogP contribution < -0.4 is 0 Å². The van der Waals surface area contributed by atoms with Crippen LogP contribution >= 0.6 is 0 Å². The summed E-state index contributed by atoms with van der Waals surface area (Å²) in [6.07, 6.45) is -3.52. The van der Waals surface area contributed by atoms with Crippen LogP contribution in [-0.2, 0) is 12.6 Å². The number of rotatable bonds is 2. The van der Waals surface area contributed by atoms with Gasteiger partial charge in [0.2, 0.25) is 0 Å². The second-order valence-corrected chi connectivity index (χ2v) is 3.95. The molecule has 6 heteroatoms. The van der Waals surface area contributed by atoms with Gasteiger partial charge in [0, 0.05) is 12.6 Å². The predicted molar refractivity (Wildman–Crippen MR) is 58.4 cm³/mol. The summed E-state index contributed by atoms with van der Waals surface area (Å²) in [4.78, 5) is 3.72. The fourth-order valence-electron chi connectivity index (χ4n) is 1.66. The molecule has 0 saturated carbocycles. The molecule has 0 radical (unpaired) electrons. The highest BCUT2D eigenvalue weighted by Gasteiger charge is 2.31. The number of hydrogen-bond acceptors (Lipinski definition) is 1. The lowest BCUT2D eigenvalue weighted by atomic mass is 10.1. The molecular formula is C13H8F5N. The van der Waals surface area contributed by atoms with Gasteiger partial charge in [-0.3, -0.25) is 4.98 Å². The third kappa shape index (κ3) is 3.27. The van der Waals surface area contributed by atoms with E-state index in [1.54, 1.807) is 0 Å². The van der Waals surface area contributed by atoms with Crippen molar-refractivity contribution in [3.05, 3.63) is 65.0 Å². The topological polar surface area (TPSA) is 12.9 Å². The molecule has 0 atom stereocenters. The number of hydrogen-bond donors (Lipinski definition) is 0. The Balaban J connectivity index is 2.36. The second kappa shape index (κ2) is 4.95. The van der Waals surface area contributed by atoms with Gasteiger partial charge in [0.25, 0.3) is 0 Å². The van der Waals surface area contributed by atoms with Gasteiger partial charge in [0.15, 0.2) is 0 Å². The fraction of sp³-hybridized carbons (Fsp3) is 0.154. The van der Waals surface area contributed by atoms with Crippen molar-refractivity contribution < 1.29 is 22.0 Å². The first kappa shape index (κ1) is 13.5. The lowest BCUT2D eigenvalue weighted by Crippen LogP contribution is -2.07. The van der Waals surface area contributed by atoms with Gasteiger partial charge in [-0.25, -0.2) is 8.78 Å². The molecular weight excluding hydrogens is 265 g/mol. The molecule has 0 bridgehead atoms. The van der Waals surface area contributed by atoms with Gasteiger partial charge in [0.05, 0.1) is 11.3 Å². The summed E-state index contributed by atoms with van der Waals surface area (Å²) >= 11 is 0. The van der Waals surface area contributed by atoms with Crippen molar-refractivity contribution in [2.75, 3.05) is 0 Å². The van der Waals surface area contributed by atoms with E-state index in [9.17, 15) is 22.0 Å². The van der Waals surface area contributed by atoms with Crippen molar-refractivity contribution in [3.63, 3.8) is 0 Å². The van der Waals surface area contributed by atoms with E-state index in [1.165, 1.54) is 12.3 Å². The normalized spacial score (nSPS) is 11.6. The molecule has 100 valence electrons. The summed E-state index contributed by atoms with van der Waals surface area (Å²) in [5.41, 5.74) is -1.11. The molecule has 2 aromatic rings. The second-order valence-electron chi connectivity index (χ2n) is 3.95. The Labute approximate surface area is 105 Å². The Kier molecular flexibility index (Phi) is 3.50. The van der Waals surface area contributed by atoms with Crippen molar-refractivity contribution in [3.8, 4) is 0 Å². The summed E-state index contributed by atoms with van der Waals surface area (Å²) in [5, 5.41) is 0. The van der Waals surface area contributed by atoms with Gasteiger partial charge in [0.1, 0.15) is 11.6 Å². The van der Waals surface area contributed by atoms with Crippen molar-refractivity contribution >= 4 is 0 Å². The summed E-state index contributed by atoms with van der Waals surface area (Å²) < 4.78 is 64.0. The maximum absolute atomic E-state index is 13.3. The largest absolute Gasteiger partial charge is 0.416 e. The van der Waals surface area contributed by atoms with Crippen LogP contribution in [0.25, 0.3) is 0 Å². The fourth-order valence-corrected chi connectivity index (χ4v) is 1.66. The van der Waals surface area contributed by atoms with E-state index in [0.29, 0.717) is 6.07 Å². The van der Waals surface area contributed by atoms with E-state index in [-0.39, 0.29) is 17.7 Å². The van der Waals surface area contributed by atoms with Crippen LogP contribution in [0.2, 0.25) is 0 Å². The maximum Gasteiger partial charge on any atom is 0.416 e. The van der Waals surface area contributed by atoms with Gasteiger partial charge in [-0.15, -0.1) is 0 Å². The Bertz CT molecular complexity index is 592. The first-order valence-electron chi connectivity index (χ1n) is 5.32. The third-order valence-corrected chi connectivity index (χ3v) is 2.49. The zero-order chi connectivity index (χ0) is 14.0. The smallest absolute Gasteiger partial charge is 0.258 e. The number of aromatic nitrogens is 1. The van der Waals surface area contributed by atoms with Gasteiger partial charge >= 0.3 is 6.18 Å². The Morgan fingerprint density at radius 1 is 1.05 bits per heavy atom. The molecule has 1 aromatic heterocycles. The van der Waals surface area contributed by atoms with Crippen LogP contribution in [0.5, 0.6) is 0 Å². The molecule has 2 rings (SSSR count). The molecule has 0 unspecified atom stereocenters. The molecule has 0 N–H and O–H groups in total. The molecule has 1 aromatic carbocycles. The highest BCUT2D eigenvalue weighted by atomic mass is 19.4. The number of benzene rings is 1. The van der Waals surface area contributed by atoms with E-state index in [4.69, 9.17) is 0 Å². The quantitative estimate of drug-likeness (QED) is 0.754. The number of pyridine rings is 1.